The number of carbonyl (C=O) groups is 1. The Morgan fingerprint density at radius 1 is 1.19 bits per heavy atom. The summed E-state index contributed by atoms with van der Waals surface area (Å²) in [6.07, 6.45) is 2.04. The first-order valence-electron chi connectivity index (χ1n) is 9.21. The van der Waals surface area contributed by atoms with Crippen LogP contribution >= 0.6 is 0 Å². The molecular weight excluding hydrogens is 324 g/mol. The summed E-state index contributed by atoms with van der Waals surface area (Å²) in [4.78, 5) is 19.8. The first-order chi connectivity index (χ1) is 12.5. The van der Waals surface area contributed by atoms with E-state index in [-0.39, 0.29) is 11.9 Å². The van der Waals surface area contributed by atoms with E-state index >= 15 is 0 Å². The van der Waals surface area contributed by atoms with Crippen molar-refractivity contribution in [2.24, 2.45) is 0 Å². The summed E-state index contributed by atoms with van der Waals surface area (Å²) in [7, 11) is 0. The molecule has 0 unspecified atom stereocenters. The van der Waals surface area contributed by atoms with E-state index in [1.807, 2.05) is 53.8 Å². The van der Waals surface area contributed by atoms with Crippen LogP contribution in [0.2, 0.25) is 0 Å². The Labute approximate surface area is 153 Å². The van der Waals surface area contributed by atoms with Gasteiger partial charge in [-0.15, -0.1) is 0 Å². The number of rotatable bonds is 3. The second kappa shape index (κ2) is 6.56. The van der Waals surface area contributed by atoms with Gasteiger partial charge in [0.05, 0.1) is 23.8 Å². The molecule has 0 radical (unpaired) electrons. The number of carbonyl (C=O) groups excluding carboxylic acids is 1. The lowest BCUT2D eigenvalue weighted by Gasteiger charge is -2.25. The van der Waals surface area contributed by atoms with Crippen LogP contribution in [0.1, 0.15) is 40.3 Å². The van der Waals surface area contributed by atoms with Crippen molar-refractivity contribution in [2.75, 3.05) is 6.54 Å². The first kappa shape index (κ1) is 16.8. The molecule has 2 aromatic heterocycles. The quantitative estimate of drug-likeness (QED) is 0.726. The number of benzene rings is 1. The Hall–Kier alpha value is -2.69. The number of pyridine rings is 1. The highest BCUT2D eigenvalue weighted by molar-refractivity contribution is 5.96. The molecule has 134 valence electrons. The second-order valence-electron chi connectivity index (χ2n) is 7.25. The maximum absolute atomic E-state index is 13.2. The molecule has 0 saturated carbocycles. The van der Waals surface area contributed by atoms with Crippen molar-refractivity contribution in [3.63, 3.8) is 0 Å². The van der Waals surface area contributed by atoms with Gasteiger partial charge in [-0.05, 0) is 57.4 Å². The minimum Gasteiger partial charge on any atom is -0.332 e. The van der Waals surface area contributed by atoms with Crippen LogP contribution in [0.4, 0.5) is 0 Å². The van der Waals surface area contributed by atoms with Crippen LogP contribution in [-0.4, -0.2) is 38.2 Å². The van der Waals surface area contributed by atoms with Crippen LogP contribution < -0.4 is 0 Å². The first-order valence-corrected chi connectivity index (χ1v) is 9.21. The third-order valence-corrected chi connectivity index (χ3v) is 5.27. The SMILES string of the molecule is Cc1cc(C)n(C[C@H]2CCCN2C(=O)c2cc(C)c3ccccc3n2)n1. The lowest BCUT2D eigenvalue weighted by Crippen LogP contribution is -2.38. The minimum atomic E-state index is 0.0304. The number of likely N-dealkylation sites (tertiary alicyclic amines) is 1. The normalized spacial score (nSPS) is 17.2. The van der Waals surface area contributed by atoms with E-state index in [0.29, 0.717) is 5.69 Å². The van der Waals surface area contributed by atoms with Crippen molar-refractivity contribution in [1.82, 2.24) is 19.7 Å². The number of hydrogen-bond donors (Lipinski definition) is 0. The van der Waals surface area contributed by atoms with E-state index in [0.717, 1.165) is 53.8 Å². The average Bonchev–Trinajstić information content (AvgIpc) is 3.20. The Morgan fingerprint density at radius 2 is 2.00 bits per heavy atom. The van der Waals surface area contributed by atoms with E-state index < -0.39 is 0 Å². The number of para-hydroxylation sites is 1. The standard InChI is InChI=1S/C21H24N4O/c1-14-11-20(22-19-9-5-4-8-18(14)19)21(26)24-10-6-7-17(24)13-25-16(3)12-15(2)23-25/h4-5,8-9,11-12,17H,6-7,10,13H2,1-3H3/t17-/m1/s1. The van der Waals surface area contributed by atoms with Crippen LogP contribution in [-0.2, 0) is 6.54 Å². The number of nitrogens with zero attached hydrogens (tertiary/aromatic N) is 4. The summed E-state index contributed by atoms with van der Waals surface area (Å²) in [5.74, 6) is 0.0304. The molecule has 0 N–H and O–H groups in total. The lowest BCUT2D eigenvalue weighted by atomic mass is 10.1. The van der Waals surface area contributed by atoms with E-state index in [4.69, 9.17) is 0 Å². The molecule has 0 bridgehead atoms. The zero-order valence-electron chi connectivity index (χ0n) is 15.6. The van der Waals surface area contributed by atoms with Gasteiger partial charge in [-0.3, -0.25) is 9.48 Å². The average molecular weight is 348 g/mol. The molecule has 4 rings (SSSR count). The Balaban J connectivity index is 1.61. The van der Waals surface area contributed by atoms with Crippen molar-refractivity contribution >= 4 is 16.8 Å². The second-order valence-corrected chi connectivity index (χ2v) is 7.25. The van der Waals surface area contributed by atoms with E-state index in [1.165, 1.54) is 0 Å². The molecule has 3 aromatic rings. The fraction of sp³-hybridized carbons (Fsp3) is 0.381. The van der Waals surface area contributed by atoms with Gasteiger partial charge in [-0.1, -0.05) is 18.2 Å². The van der Waals surface area contributed by atoms with Gasteiger partial charge >= 0.3 is 0 Å². The molecule has 3 heterocycles. The van der Waals surface area contributed by atoms with Gasteiger partial charge in [0.15, 0.2) is 0 Å². The van der Waals surface area contributed by atoms with Crippen molar-refractivity contribution in [2.45, 2.75) is 46.2 Å². The van der Waals surface area contributed by atoms with Gasteiger partial charge < -0.3 is 4.90 Å². The van der Waals surface area contributed by atoms with Crippen LogP contribution in [0.3, 0.4) is 0 Å². The molecule has 1 amide bonds. The molecule has 1 aromatic carbocycles. The molecule has 1 aliphatic heterocycles. The van der Waals surface area contributed by atoms with Crippen LogP contribution in [0.25, 0.3) is 10.9 Å². The zero-order chi connectivity index (χ0) is 18.3. The maximum atomic E-state index is 13.2. The van der Waals surface area contributed by atoms with Crippen molar-refractivity contribution in [3.05, 3.63) is 59.0 Å². The van der Waals surface area contributed by atoms with Gasteiger partial charge in [0.25, 0.3) is 5.91 Å². The van der Waals surface area contributed by atoms with Crippen molar-refractivity contribution in [3.8, 4) is 0 Å². The fourth-order valence-electron chi connectivity index (χ4n) is 3.96. The Kier molecular flexibility index (Phi) is 4.23. The summed E-state index contributed by atoms with van der Waals surface area (Å²) < 4.78 is 2.02. The van der Waals surface area contributed by atoms with Gasteiger partial charge in [0, 0.05) is 17.6 Å². The fourth-order valence-corrected chi connectivity index (χ4v) is 3.96. The highest BCUT2D eigenvalue weighted by Crippen LogP contribution is 2.24. The van der Waals surface area contributed by atoms with Gasteiger partial charge in [-0.25, -0.2) is 4.98 Å². The number of aryl methyl sites for hydroxylation is 3. The third kappa shape index (κ3) is 2.98. The summed E-state index contributed by atoms with van der Waals surface area (Å²) in [6, 6.07) is 12.2. The van der Waals surface area contributed by atoms with E-state index in [1.54, 1.807) is 0 Å². The predicted molar refractivity (Wildman–Crippen MR) is 102 cm³/mol. The summed E-state index contributed by atoms with van der Waals surface area (Å²) >= 11 is 0. The molecule has 1 saturated heterocycles. The van der Waals surface area contributed by atoms with Crippen LogP contribution in [0.5, 0.6) is 0 Å². The van der Waals surface area contributed by atoms with Crippen LogP contribution in [0, 0.1) is 20.8 Å². The van der Waals surface area contributed by atoms with Gasteiger partial charge in [0.1, 0.15) is 5.69 Å². The number of fused-ring (bicyclic) bond motifs is 1. The molecule has 1 atom stereocenters. The third-order valence-electron chi connectivity index (χ3n) is 5.27. The molecular formula is C21H24N4O. The summed E-state index contributed by atoms with van der Waals surface area (Å²) in [6.45, 7) is 7.64. The van der Waals surface area contributed by atoms with Crippen molar-refractivity contribution in [1.29, 1.82) is 0 Å². The Bertz CT molecular complexity index is 975. The number of aromatic nitrogens is 3. The van der Waals surface area contributed by atoms with Crippen LogP contribution in [0.15, 0.2) is 36.4 Å². The minimum absolute atomic E-state index is 0.0304. The number of hydrogen-bond acceptors (Lipinski definition) is 3. The summed E-state index contributed by atoms with van der Waals surface area (Å²) in [5, 5.41) is 5.66. The molecule has 1 fully saturated rings. The maximum Gasteiger partial charge on any atom is 0.272 e. The molecule has 5 heteroatoms. The molecule has 26 heavy (non-hydrogen) atoms. The summed E-state index contributed by atoms with van der Waals surface area (Å²) in [5.41, 5.74) is 4.67. The molecule has 0 spiro atoms. The highest BCUT2D eigenvalue weighted by atomic mass is 16.2. The smallest absolute Gasteiger partial charge is 0.272 e. The monoisotopic (exact) mass is 348 g/mol. The van der Waals surface area contributed by atoms with Crippen molar-refractivity contribution < 1.29 is 4.79 Å². The lowest BCUT2D eigenvalue weighted by molar-refractivity contribution is 0.0715. The molecule has 1 aliphatic rings. The predicted octanol–water partition coefficient (Wildman–Crippen LogP) is 3.66. The molecule has 5 nitrogen and oxygen atoms in total. The molecule has 0 aliphatic carbocycles. The van der Waals surface area contributed by atoms with E-state index in [9.17, 15) is 4.79 Å². The van der Waals surface area contributed by atoms with Gasteiger partial charge in [-0.2, -0.15) is 5.10 Å². The highest BCUT2D eigenvalue weighted by Gasteiger charge is 2.31. The number of amides is 1. The Morgan fingerprint density at radius 3 is 2.77 bits per heavy atom. The topological polar surface area (TPSA) is 51.0 Å². The van der Waals surface area contributed by atoms with Gasteiger partial charge in [0.2, 0.25) is 0 Å². The largest absolute Gasteiger partial charge is 0.332 e. The van der Waals surface area contributed by atoms with E-state index in [2.05, 4.69) is 23.1 Å². The zero-order valence-corrected chi connectivity index (χ0v) is 15.6.